The molecule has 3 rings (SSSR count). The van der Waals surface area contributed by atoms with Crippen molar-refractivity contribution in [3.05, 3.63) is 99.5 Å². The molecule has 4 nitrogen and oxygen atoms in total. The highest BCUT2D eigenvalue weighted by Crippen LogP contribution is 2.29. The van der Waals surface area contributed by atoms with Gasteiger partial charge in [-0.1, -0.05) is 64.5 Å². The second kappa shape index (κ2) is 9.53. The molecule has 0 heterocycles. The topological polar surface area (TPSA) is 55.8 Å². The summed E-state index contributed by atoms with van der Waals surface area (Å²) in [4.78, 5) is 11.7. The Labute approximate surface area is 172 Å². The molecule has 0 aliphatic carbocycles. The Balaban J connectivity index is 1.86. The van der Waals surface area contributed by atoms with Gasteiger partial charge in [-0.3, -0.25) is 0 Å². The smallest absolute Gasteiger partial charge is 0.341 e. The number of phenols is 1. The third kappa shape index (κ3) is 5.21. The molecule has 0 fully saturated rings. The molecule has 0 aliphatic heterocycles. The van der Waals surface area contributed by atoms with E-state index in [0.717, 1.165) is 21.2 Å². The zero-order valence-electron chi connectivity index (χ0n) is 15.5. The van der Waals surface area contributed by atoms with Crippen LogP contribution in [-0.2, 0) is 22.5 Å². The van der Waals surface area contributed by atoms with E-state index in [1.807, 2.05) is 54.6 Å². The third-order valence-electron chi connectivity index (χ3n) is 4.40. The van der Waals surface area contributed by atoms with Crippen LogP contribution < -0.4 is 0 Å². The number of benzene rings is 3. The minimum absolute atomic E-state index is 0.119. The molecular formula is C23H21BrO4. The lowest BCUT2D eigenvalue weighted by Gasteiger charge is -2.20. The molecule has 0 radical (unpaired) electrons. The quantitative estimate of drug-likeness (QED) is 0.496. The maximum Gasteiger partial charge on any atom is 0.341 e. The summed E-state index contributed by atoms with van der Waals surface area (Å²) in [6, 6.07) is 22.9. The van der Waals surface area contributed by atoms with Crippen LogP contribution in [0.5, 0.6) is 5.75 Å². The molecule has 0 aromatic heterocycles. The monoisotopic (exact) mass is 440 g/mol. The maximum absolute atomic E-state index is 11.7. The van der Waals surface area contributed by atoms with Gasteiger partial charge in [0, 0.05) is 10.9 Å². The molecule has 0 spiro atoms. The fourth-order valence-corrected chi connectivity index (χ4v) is 3.40. The Morgan fingerprint density at radius 2 is 1.75 bits per heavy atom. The van der Waals surface area contributed by atoms with Crippen molar-refractivity contribution in [2.45, 2.75) is 19.1 Å². The summed E-state index contributed by atoms with van der Waals surface area (Å²) in [6.45, 7) is 0.443. The predicted molar refractivity (Wildman–Crippen MR) is 111 cm³/mol. The SMILES string of the molecule is COC(=O)c1ccc(C(Cc2cccc(Br)c2)OCc2ccccc2)cc1O. The first-order chi connectivity index (χ1) is 13.6. The van der Waals surface area contributed by atoms with Crippen molar-refractivity contribution >= 4 is 21.9 Å². The fraction of sp³-hybridized carbons (Fsp3) is 0.174. The number of esters is 1. The van der Waals surface area contributed by atoms with E-state index in [9.17, 15) is 9.90 Å². The van der Waals surface area contributed by atoms with E-state index < -0.39 is 5.97 Å². The second-order valence-electron chi connectivity index (χ2n) is 6.39. The van der Waals surface area contributed by atoms with E-state index >= 15 is 0 Å². The lowest BCUT2D eigenvalue weighted by Crippen LogP contribution is -2.09. The standard InChI is InChI=1S/C23H21BrO4/c1-27-23(26)20-11-10-18(14-21(20)25)22(13-17-8-5-9-19(24)12-17)28-15-16-6-3-2-4-7-16/h2-12,14,22,25H,13,15H2,1H3. The summed E-state index contributed by atoms with van der Waals surface area (Å²) in [6.07, 6.45) is 0.343. The van der Waals surface area contributed by atoms with Gasteiger partial charge in [-0.2, -0.15) is 0 Å². The summed E-state index contributed by atoms with van der Waals surface area (Å²) in [5.74, 6) is -0.690. The van der Waals surface area contributed by atoms with Crippen molar-refractivity contribution in [1.29, 1.82) is 0 Å². The summed E-state index contributed by atoms with van der Waals surface area (Å²) < 4.78 is 11.9. The molecule has 0 aliphatic rings. The number of ether oxygens (including phenoxy) is 2. The number of hydrogen-bond acceptors (Lipinski definition) is 4. The van der Waals surface area contributed by atoms with Gasteiger partial charge in [0.25, 0.3) is 0 Å². The van der Waals surface area contributed by atoms with Crippen LogP contribution in [0.2, 0.25) is 0 Å². The lowest BCUT2D eigenvalue weighted by atomic mass is 9.99. The first-order valence-electron chi connectivity index (χ1n) is 8.88. The Hall–Kier alpha value is -2.63. The molecular weight excluding hydrogens is 420 g/mol. The number of halogens is 1. The molecule has 144 valence electrons. The van der Waals surface area contributed by atoms with Crippen molar-refractivity contribution in [3.63, 3.8) is 0 Å². The zero-order chi connectivity index (χ0) is 19.9. The second-order valence-corrected chi connectivity index (χ2v) is 7.30. The normalized spacial score (nSPS) is 11.8. The molecule has 0 amide bonds. The van der Waals surface area contributed by atoms with Gasteiger partial charge < -0.3 is 14.6 Å². The molecule has 3 aromatic rings. The van der Waals surface area contributed by atoms with Crippen LogP contribution in [-0.4, -0.2) is 18.2 Å². The minimum atomic E-state index is -0.571. The first-order valence-corrected chi connectivity index (χ1v) is 9.67. The van der Waals surface area contributed by atoms with Crippen LogP contribution in [0.15, 0.2) is 77.3 Å². The summed E-state index contributed by atoms with van der Waals surface area (Å²) in [5, 5.41) is 10.3. The van der Waals surface area contributed by atoms with Crippen LogP contribution in [0.1, 0.15) is 33.2 Å². The maximum atomic E-state index is 11.7. The average molecular weight is 441 g/mol. The highest BCUT2D eigenvalue weighted by atomic mass is 79.9. The number of carbonyl (C=O) groups is 1. The highest BCUT2D eigenvalue weighted by Gasteiger charge is 2.18. The minimum Gasteiger partial charge on any atom is -0.507 e. The van der Waals surface area contributed by atoms with Crippen LogP contribution >= 0.6 is 15.9 Å². The van der Waals surface area contributed by atoms with E-state index in [2.05, 4.69) is 15.9 Å². The number of carbonyl (C=O) groups excluding carboxylic acids is 1. The first kappa shape index (κ1) is 20.1. The Morgan fingerprint density at radius 1 is 1.00 bits per heavy atom. The Bertz CT molecular complexity index is 940. The highest BCUT2D eigenvalue weighted by molar-refractivity contribution is 9.10. The van der Waals surface area contributed by atoms with E-state index in [1.165, 1.54) is 7.11 Å². The van der Waals surface area contributed by atoms with Crippen LogP contribution in [0.25, 0.3) is 0 Å². The van der Waals surface area contributed by atoms with Crippen molar-refractivity contribution in [2.75, 3.05) is 7.11 Å². The van der Waals surface area contributed by atoms with Gasteiger partial charge in [-0.25, -0.2) is 4.79 Å². The molecule has 1 unspecified atom stereocenters. The van der Waals surface area contributed by atoms with E-state index in [0.29, 0.717) is 13.0 Å². The number of aromatic hydroxyl groups is 1. The molecule has 1 atom stereocenters. The number of methoxy groups -OCH3 is 1. The van der Waals surface area contributed by atoms with Crippen LogP contribution in [0, 0.1) is 0 Å². The molecule has 0 saturated heterocycles. The Kier molecular flexibility index (Phi) is 6.85. The van der Waals surface area contributed by atoms with Gasteiger partial charge in [-0.05, 0) is 41.0 Å². The van der Waals surface area contributed by atoms with Gasteiger partial charge >= 0.3 is 5.97 Å². The number of rotatable bonds is 7. The molecule has 3 aromatic carbocycles. The van der Waals surface area contributed by atoms with Crippen LogP contribution in [0.4, 0.5) is 0 Å². The third-order valence-corrected chi connectivity index (χ3v) is 4.90. The Morgan fingerprint density at radius 3 is 2.43 bits per heavy atom. The van der Waals surface area contributed by atoms with E-state index in [-0.39, 0.29) is 17.4 Å². The lowest BCUT2D eigenvalue weighted by molar-refractivity contribution is 0.0396. The van der Waals surface area contributed by atoms with Gasteiger partial charge in [0.1, 0.15) is 11.3 Å². The predicted octanol–water partition coefficient (Wildman–Crippen LogP) is 5.44. The molecule has 0 bridgehead atoms. The summed E-state index contributed by atoms with van der Waals surface area (Å²) in [5.41, 5.74) is 3.10. The summed E-state index contributed by atoms with van der Waals surface area (Å²) in [7, 11) is 1.29. The summed E-state index contributed by atoms with van der Waals surface area (Å²) >= 11 is 3.50. The van der Waals surface area contributed by atoms with E-state index in [4.69, 9.17) is 9.47 Å². The van der Waals surface area contributed by atoms with Crippen molar-refractivity contribution in [2.24, 2.45) is 0 Å². The van der Waals surface area contributed by atoms with Gasteiger partial charge in [0.05, 0.1) is 19.8 Å². The van der Waals surface area contributed by atoms with Gasteiger partial charge in [-0.15, -0.1) is 0 Å². The zero-order valence-corrected chi connectivity index (χ0v) is 17.1. The average Bonchev–Trinajstić information content (AvgIpc) is 2.71. The number of phenolic OH excluding ortho intramolecular Hbond substituents is 1. The molecule has 5 heteroatoms. The molecule has 28 heavy (non-hydrogen) atoms. The molecule has 0 saturated carbocycles. The largest absolute Gasteiger partial charge is 0.507 e. The van der Waals surface area contributed by atoms with Crippen molar-refractivity contribution < 1.29 is 19.4 Å². The van der Waals surface area contributed by atoms with E-state index in [1.54, 1.807) is 18.2 Å². The molecule has 1 N–H and O–H groups in total. The van der Waals surface area contributed by atoms with Crippen LogP contribution in [0.3, 0.4) is 0 Å². The van der Waals surface area contributed by atoms with Crippen molar-refractivity contribution in [3.8, 4) is 5.75 Å². The fourth-order valence-electron chi connectivity index (χ4n) is 2.95. The van der Waals surface area contributed by atoms with Gasteiger partial charge in [0.2, 0.25) is 0 Å². The van der Waals surface area contributed by atoms with Crippen molar-refractivity contribution in [1.82, 2.24) is 0 Å². The van der Waals surface area contributed by atoms with Gasteiger partial charge in [0.15, 0.2) is 0 Å². The number of hydrogen-bond donors (Lipinski definition) is 1.